The second-order valence-electron chi connectivity index (χ2n) is 6.07. The molecule has 8 heteroatoms. The topological polar surface area (TPSA) is 125 Å². The van der Waals surface area contributed by atoms with E-state index in [1.807, 2.05) is 37.3 Å². The number of carboxylic acids is 1. The highest BCUT2D eigenvalue weighted by Gasteiger charge is 2.26. The molecule has 0 fully saturated rings. The lowest BCUT2D eigenvalue weighted by atomic mass is 9.99. The molecular formula is C18H26N2O6. The third-order valence-electron chi connectivity index (χ3n) is 3.91. The first-order valence-electron chi connectivity index (χ1n) is 8.48. The molecule has 0 bridgehead atoms. The number of carboxylic acid groups (broad SMARTS) is 1. The van der Waals surface area contributed by atoms with Crippen molar-refractivity contribution in [3.63, 3.8) is 0 Å². The fraction of sp³-hybridized carbons (Fsp3) is 0.500. The summed E-state index contributed by atoms with van der Waals surface area (Å²) in [5, 5.41) is 23.7. The summed E-state index contributed by atoms with van der Waals surface area (Å²) < 4.78 is 4.99. The molecule has 26 heavy (non-hydrogen) atoms. The average Bonchev–Trinajstić information content (AvgIpc) is 2.62. The molecule has 0 saturated carbocycles. The minimum Gasteiger partial charge on any atom is -0.480 e. The molecule has 0 aliphatic heterocycles. The van der Waals surface area contributed by atoms with Gasteiger partial charge in [-0.2, -0.15) is 0 Å². The van der Waals surface area contributed by atoms with Gasteiger partial charge in [-0.25, -0.2) is 9.59 Å². The van der Waals surface area contributed by atoms with E-state index in [4.69, 9.17) is 9.84 Å². The smallest absolute Gasteiger partial charge is 0.407 e. The second-order valence-corrected chi connectivity index (χ2v) is 6.07. The van der Waals surface area contributed by atoms with E-state index >= 15 is 0 Å². The van der Waals surface area contributed by atoms with Crippen LogP contribution < -0.4 is 10.6 Å². The standard InChI is InChI=1S/C18H26N2O6/c1-3-12(2)16(17(23)24)20-15(22)9-14(21)10-19-18(25)26-11-13-7-5-4-6-8-13/h4-8,12,14,16,21H,3,9-11H2,1-2H3,(H,19,25)(H,20,22)(H,23,24)/t12-,14+,16+/m0/s1. The number of ether oxygens (including phenoxy) is 1. The van der Waals surface area contributed by atoms with E-state index < -0.39 is 30.1 Å². The molecule has 0 saturated heterocycles. The zero-order valence-electron chi connectivity index (χ0n) is 15.0. The lowest BCUT2D eigenvalue weighted by molar-refractivity contribution is -0.143. The summed E-state index contributed by atoms with van der Waals surface area (Å²) in [6, 6.07) is 8.10. The SMILES string of the molecule is CC[C@H](C)[C@@H](NC(=O)C[C@@H](O)CNC(=O)OCc1ccccc1)C(=O)O. The van der Waals surface area contributed by atoms with Crippen LogP contribution in [0.2, 0.25) is 0 Å². The number of aliphatic hydroxyl groups is 1. The Balaban J connectivity index is 2.31. The molecule has 4 N–H and O–H groups in total. The number of aliphatic hydroxyl groups excluding tert-OH is 1. The highest BCUT2D eigenvalue weighted by Crippen LogP contribution is 2.08. The molecular weight excluding hydrogens is 340 g/mol. The van der Waals surface area contributed by atoms with Gasteiger partial charge in [0.15, 0.2) is 0 Å². The van der Waals surface area contributed by atoms with E-state index in [0.717, 1.165) is 5.56 Å². The van der Waals surface area contributed by atoms with Crippen molar-refractivity contribution < 1.29 is 29.3 Å². The highest BCUT2D eigenvalue weighted by atomic mass is 16.5. The lowest BCUT2D eigenvalue weighted by Crippen LogP contribution is -2.46. The highest BCUT2D eigenvalue weighted by molar-refractivity contribution is 5.84. The number of aliphatic carboxylic acids is 1. The Morgan fingerprint density at radius 2 is 1.85 bits per heavy atom. The fourth-order valence-electron chi connectivity index (χ4n) is 2.18. The van der Waals surface area contributed by atoms with Crippen LogP contribution in [0.1, 0.15) is 32.3 Å². The van der Waals surface area contributed by atoms with E-state index in [2.05, 4.69) is 10.6 Å². The van der Waals surface area contributed by atoms with Crippen molar-refractivity contribution in [1.82, 2.24) is 10.6 Å². The van der Waals surface area contributed by atoms with Gasteiger partial charge in [-0.1, -0.05) is 50.6 Å². The number of hydrogen-bond acceptors (Lipinski definition) is 5. The summed E-state index contributed by atoms with van der Waals surface area (Å²) in [6.45, 7) is 3.47. The number of carbonyl (C=O) groups is 3. The number of alkyl carbamates (subject to hydrolysis) is 1. The number of benzene rings is 1. The van der Waals surface area contributed by atoms with Gasteiger partial charge in [0.2, 0.25) is 5.91 Å². The molecule has 0 heterocycles. The minimum absolute atomic E-state index is 0.0957. The van der Waals surface area contributed by atoms with Gasteiger partial charge < -0.3 is 25.6 Å². The molecule has 1 aromatic carbocycles. The summed E-state index contributed by atoms with van der Waals surface area (Å²) >= 11 is 0. The van der Waals surface area contributed by atoms with Gasteiger partial charge in [0, 0.05) is 6.54 Å². The van der Waals surface area contributed by atoms with Crippen LogP contribution in [0.4, 0.5) is 4.79 Å². The zero-order valence-corrected chi connectivity index (χ0v) is 15.0. The normalized spacial score (nSPS) is 14.0. The Morgan fingerprint density at radius 3 is 2.42 bits per heavy atom. The molecule has 8 nitrogen and oxygen atoms in total. The van der Waals surface area contributed by atoms with Crippen molar-refractivity contribution in [1.29, 1.82) is 0 Å². The number of amides is 2. The summed E-state index contributed by atoms with van der Waals surface area (Å²) in [7, 11) is 0. The predicted molar refractivity (Wildman–Crippen MR) is 94.3 cm³/mol. The Labute approximate surface area is 152 Å². The first-order valence-corrected chi connectivity index (χ1v) is 8.48. The summed E-state index contributed by atoms with van der Waals surface area (Å²) in [4.78, 5) is 34.6. The first kappa shape index (κ1) is 21.4. The summed E-state index contributed by atoms with van der Waals surface area (Å²) in [6.07, 6.45) is -1.59. The molecule has 0 spiro atoms. The van der Waals surface area contributed by atoms with Gasteiger partial charge in [0.05, 0.1) is 12.5 Å². The third kappa shape index (κ3) is 7.98. The monoisotopic (exact) mass is 366 g/mol. The summed E-state index contributed by atoms with van der Waals surface area (Å²) in [5.74, 6) is -1.95. The maximum atomic E-state index is 11.9. The van der Waals surface area contributed by atoms with Crippen molar-refractivity contribution in [2.45, 2.75) is 45.4 Å². The molecule has 1 rings (SSSR count). The van der Waals surface area contributed by atoms with Gasteiger partial charge >= 0.3 is 12.1 Å². The molecule has 0 aliphatic rings. The Morgan fingerprint density at radius 1 is 1.19 bits per heavy atom. The Kier molecular flexibility index (Phi) is 9.14. The van der Waals surface area contributed by atoms with Gasteiger partial charge in [0.1, 0.15) is 12.6 Å². The molecule has 0 radical (unpaired) electrons. The summed E-state index contributed by atoms with van der Waals surface area (Å²) in [5.41, 5.74) is 0.826. The molecule has 2 amide bonds. The van der Waals surface area contributed by atoms with E-state index in [1.165, 1.54) is 0 Å². The van der Waals surface area contributed by atoms with Gasteiger partial charge in [-0.3, -0.25) is 4.79 Å². The van der Waals surface area contributed by atoms with Crippen LogP contribution in [-0.2, 0) is 20.9 Å². The van der Waals surface area contributed by atoms with E-state index in [-0.39, 0.29) is 25.5 Å². The van der Waals surface area contributed by atoms with Gasteiger partial charge in [-0.15, -0.1) is 0 Å². The Bertz CT molecular complexity index is 593. The minimum atomic E-state index is -1.15. The first-order chi connectivity index (χ1) is 12.3. The molecule has 0 aromatic heterocycles. The predicted octanol–water partition coefficient (Wildman–Crippen LogP) is 1.28. The van der Waals surface area contributed by atoms with Crippen LogP contribution in [0, 0.1) is 5.92 Å². The second kappa shape index (κ2) is 11.1. The lowest BCUT2D eigenvalue weighted by Gasteiger charge is -2.21. The van der Waals surface area contributed by atoms with E-state index in [1.54, 1.807) is 6.92 Å². The number of nitrogens with one attached hydrogen (secondary N) is 2. The van der Waals surface area contributed by atoms with Crippen LogP contribution in [0.5, 0.6) is 0 Å². The number of hydrogen-bond donors (Lipinski definition) is 4. The van der Waals surface area contributed by atoms with Gasteiger partial charge in [0.25, 0.3) is 0 Å². The van der Waals surface area contributed by atoms with Crippen LogP contribution in [-0.4, -0.2) is 46.9 Å². The molecule has 0 unspecified atom stereocenters. The maximum absolute atomic E-state index is 11.9. The largest absolute Gasteiger partial charge is 0.480 e. The quantitative estimate of drug-likeness (QED) is 0.494. The maximum Gasteiger partial charge on any atom is 0.407 e. The number of rotatable bonds is 10. The fourth-order valence-corrected chi connectivity index (χ4v) is 2.18. The van der Waals surface area contributed by atoms with Crippen LogP contribution in [0.15, 0.2) is 30.3 Å². The van der Waals surface area contributed by atoms with Crippen molar-refractivity contribution in [2.75, 3.05) is 6.54 Å². The van der Waals surface area contributed by atoms with Crippen molar-refractivity contribution in [3.8, 4) is 0 Å². The van der Waals surface area contributed by atoms with E-state index in [0.29, 0.717) is 6.42 Å². The third-order valence-corrected chi connectivity index (χ3v) is 3.91. The van der Waals surface area contributed by atoms with Crippen LogP contribution in [0.3, 0.4) is 0 Å². The van der Waals surface area contributed by atoms with Crippen molar-refractivity contribution in [3.05, 3.63) is 35.9 Å². The average molecular weight is 366 g/mol. The molecule has 0 aliphatic carbocycles. The molecule has 1 aromatic rings. The molecule has 3 atom stereocenters. The van der Waals surface area contributed by atoms with Crippen LogP contribution >= 0.6 is 0 Å². The Hall–Kier alpha value is -2.61. The number of carbonyl (C=O) groups excluding carboxylic acids is 2. The van der Waals surface area contributed by atoms with Crippen molar-refractivity contribution in [2.24, 2.45) is 5.92 Å². The molecule has 144 valence electrons. The van der Waals surface area contributed by atoms with Crippen molar-refractivity contribution >= 4 is 18.0 Å². The van der Waals surface area contributed by atoms with E-state index in [9.17, 15) is 19.5 Å². The van der Waals surface area contributed by atoms with Crippen LogP contribution in [0.25, 0.3) is 0 Å². The zero-order chi connectivity index (χ0) is 19.5. The van der Waals surface area contributed by atoms with Gasteiger partial charge in [-0.05, 0) is 11.5 Å².